The van der Waals surface area contributed by atoms with Crippen LogP contribution in [0.25, 0.3) is 6.08 Å². The van der Waals surface area contributed by atoms with Crippen LogP contribution in [-0.2, 0) is 11.4 Å². The average Bonchev–Trinajstić information content (AvgIpc) is 3.18. The van der Waals surface area contributed by atoms with E-state index in [-0.39, 0.29) is 18.1 Å². The van der Waals surface area contributed by atoms with Gasteiger partial charge in [-0.1, -0.05) is 35.9 Å². The van der Waals surface area contributed by atoms with Gasteiger partial charge in [0.25, 0.3) is 5.91 Å². The number of ether oxygens (including phenoxy) is 2. The van der Waals surface area contributed by atoms with Crippen LogP contribution in [0.15, 0.2) is 75.0 Å². The van der Waals surface area contributed by atoms with Gasteiger partial charge in [0, 0.05) is 17.1 Å². The molecule has 1 amide bonds. The fourth-order valence-electron chi connectivity index (χ4n) is 3.68. The summed E-state index contributed by atoms with van der Waals surface area (Å²) in [6, 6.07) is 17.4. The number of carbonyl (C=O) groups excluding carboxylic acids is 1. The number of carboxylic acid groups (broad SMARTS) is 1. The van der Waals surface area contributed by atoms with Crippen molar-refractivity contribution in [1.82, 2.24) is 4.90 Å². The van der Waals surface area contributed by atoms with Crippen molar-refractivity contribution in [2.45, 2.75) is 20.5 Å². The minimum atomic E-state index is -1.04. The molecule has 196 valence electrons. The summed E-state index contributed by atoms with van der Waals surface area (Å²) in [6.45, 7) is 4.86. The van der Waals surface area contributed by atoms with E-state index < -0.39 is 5.97 Å². The van der Waals surface area contributed by atoms with E-state index in [0.29, 0.717) is 49.9 Å². The molecule has 0 saturated carbocycles. The summed E-state index contributed by atoms with van der Waals surface area (Å²) in [5.74, 6) is -0.151. The third-order valence-electron chi connectivity index (χ3n) is 5.48. The number of amides is 1. The van der Waals surface area contributed by atoms with Gasteiger partial charge in [-0.3, -0.25) is 9.69 Å². The number of carboxylic acids is 1. The van der Waals surface area contributed by atoms with E-state index in [1.54, 1.807) is 23.1 Å². The highest BCUT2D eigenvalue weighted by Crippen LogP contribution is 2.40. The zero-order chi connectivity index (χ0) is 27.2. The number of aromatic carboxylic acids is 1. The molecule has 0 unspecified atom stereocenters. The van der Waals surface area contributed by atoms with Crippen molar-refractivity contribution in [3.8, 4) is 11.5 Å². The normalized spacial score (nSPS) is 15.4. The van der Waals surface area contributed by atoms with Crippen molar-refractivity contribution in [2.75, 3.05) is 13.2 Å². The molecular weight excluding hydrogens is 592 g/mol. The topological polar surface area (TPSA) is 88.4 Å². The second kappa shape index (κ2) is 12.5. The first-order chi connectivity index (χ1) is 18.3. The lowest BCUT2D eigenvalue weighted by molar-refractivity contribution is -0.122. The Hall–Kier alpha value is -3.27. The van der Waals surface area contributed by atoms with Crippen LogP contribution < -0.4 is 9.47 Å². The number of rotatable bonds is 9. The Balaban J connectivity index is 1.62. The molecule has 10 heteroatoms. The highest BCUT2D eigenvalue weighted by atomic mass is 79.9. The number of thioether (sulfide) groups is 1. The second-order valence-corrected chi connectivity index (χ2v) is 10.3. The molecule has 1 fully saturated rings. The van der Waals surface area contributed by atoms with E-state index in [1.165, 1.54) is 23.9 Å². The quantitative estimate of drug-likeness (QED) is 0.252. The summed E-state index contributed by atoms with van der Waals surface area (Å²) in [7, 11) is 0. The fourth-order valence-corrected chi connectivity index (χ4v) is 5.51. The SMILES string of the molecule is CCOc1cc(/C=C2/SC(=Nc3cccc(C(=O)O)c3)N(CC)C2=O)cc(Br)c1OCc1ccccc1Cl. The number of carbonyl (C=O) groups is 2. The first kappa shape index (κ1) is 27.8. The molecular formula is C28H24BrClN2O5S. The molecule has 7 nitrogen and oxygen atoms in total. The maximum Gasteiger partial charge on any atom is 0.335 e. The Kier molecular flexibility index (Phi) is 9.14. The molecule has 1 aliphatic heterocycles. The van der Waals surface area contributed by atoms with E-state index in [4.69, 9.17) is 21.1 Å². The average molecular weight is 616 g/mol. The summed E-state index contributed by atoms with van der Waals surface area (Å²) in [6.07, 6.45) is 1.77. The number of amidine groups is 1. The van der Waals surface area contributed by atoms with E-state index in [1.807, 2.05) is 50.2 Å². The van der Waals surface area contributed by atoms with Crippen molar-refractivity contribution in [1.29, 1.82) is 0 Å². The van der Waals surface area contributed by atoms with E-state index in [2.05, 4.69) is 20.9 Å². The van der Waals surface area contributed by atoms with Crippen LogP contribution in [-0.4, -0.2) is 40.2 Å². The van der Waals surface area contributed by atoms with Crippen LogP contribution >= 0.6 is 39.3 Å². The lowest BCUT2D eigenvalue weighted by atomic mass is 10.1. The lowest BCUT2D eigenvalue weighted by Crippen LogP contribution is -2.28. The predicted molar refractivity (Wildman–Crippen MR) is 155 cm³/mol. The van der Waals surface area contributed by atoms with Crippen molar-refractivity contribution in [3.05, 3.63) is 91.8 Å². The number of benzene rings is 3. The highest BCUT2D eigenvalue weighted by molar-refractivity contribution is 9.10. The van der Waals surface area contributed by atoms with Gasteiger partial charge in [-0.25, -0.2) is 9.79 Å². The van der Waals surface area contributed by atoms with Crippen LogP contribution in [0.1, 0.15) is 35.3 Å². The summed E-state index contributed by atoms with van der Waals surface area (Å²) >= 11 is 11.1. The van der Waals surface area contributed by atoms with E-state index in [9.17, 15) is 14.7 Å². The Morgan fingerprint density at radius 2 is 1.92 bits per heavy atom. The Morgan fingerprint density at radius 1 is 1.13 bits per heavy atom. The molecule has 3 aromatic rings. The molecule has 1 saturated heterocycles. The smallest absolute Gasteiger partial charge is 0.335 e. The number of nitrogens with zero attached hydrogens (tertiary/aromatic N) is 2. The van der Waals surface area contributed by atoms with Crippen LogP contribution in [0.4, 0.5) is 5.69 Å². The number of hydrogen-bond acceptors (Lipinski definition) is 6. The van der Waals surface area contributed by atoms with Gasteiger partial charge in [-0.05, 0) is 89.6 Å². The molecule has 0 atom stereocenters. The Labute approximate surface area is 238 Å². The van der Waals surface area contributed by atoms with Crippen molar-refractivity contribution in [3.63, 3.8) is 0 Å². The monoisotopic (exact) mass is 614 g/mol. The van der Waals surface area contributed by atoms with Gasteiger partial charge >= 0.3 is 5.97 Å². The first-order valence-corrected chi connectivity index (χ1v) is 13.8. The van der Waals surface area contributed by atoms with Gasteiger partial charge in [-0.15, -0.1) is 0 Å². The van der Waals surface area contributed by atoms with E-state index >= 15 is 0 Å². The molecule has 3 aromatic carbocycles. The minimum absolute atomic E-state index is 0.130. The second-order valence-electron chi connectivity index (χ2n) is 8.05. The minimum Gasteiger partial charge on any atom is -0.490 e. The van der Waals surface area contributed by atoms with Crippen LogP contribution in [0.5, 0.6) is 11.5 Å². The van der Waals surface area contributed by atoms with Crippen LogP contribution in [0.2, 0.25) is 5.02 Å². The Bertz CT molecular complexity index is 1440. The maximum absolute atomic E-state index is 13.2. The van der Waals surface area contributed by atoms with Crippen molar-refractivity contribution in [2.24, 2.45) is 4.99 Å². The fraction of sp³-hybridized carbons (Fsp3) is 0.179. The molecule has 0 radical (unpaired) electrons. The summed E-state index contributed by atoms with van der Waals surface area (Å²) in [5, 5.41) is 10.4. The Morgan fingerprint density at radius 3 is 2.63 bits per heavy atom. The van der Waals surface area contributed by atoms with Crippen LogP contribution in [0, 0.1) is 0 Å². The molecule has 0 aliphatic carbocycles. The highest BCUT2D eigenvalue weighted by Gasteiger charge is 2.32. The molecule has 38 heavy (non-hydrogen) atoms. The molecule has 0 bridgehead atoms. The van der Waals surface area contributed by atoms with Gasteiger partial charge in [0.1, 0.15) is 6.61 Å². The van der Waals surface area contributed by atoms with Gasteiger partial charge in [0.05, 0.1) is 27.2 Å². The standard InChI is InChI=1S/C28H24BrClN2O5S/c1-3-32-26(33)24(38-28(32)31-20-10-7-9-18(15-20)27(34)35)14-17-12-21(29)25(23(13-17)36-4-2)37-16-19-8-5-6-11-22(19)30/h5-15H,3-4,16H2,1-2H3,(H,34,35)/b24-14+,31-28?. The van der Waals surface area contributed by atoms with Gasteiger partial charge in [-0.2, -0.15) is 0 Å². The first-order valence-electron chi connectivity index (χ1n) is 11.8. The molecule has 0 spiro atoms. The molecule has 1 heterocycles. The van der Waals surface area contributed by atoms with Crippen molar-refractivity contribution >= 4 is 68.1 Å². The number of aliphatic imine (C=N–C) groups is 1. The summed E-state index contributed by atoms with van der Waals surface area (Å²) in [4.78, 5) is 31.1. The lowest BCUT2D eigenvalue weighted by Gasteiger charge is -2.15. The van der Waals surface area contributed by atoms with Gasteiger partial charge in [0.15, 0.2) is 16.7 Å². The van der Waals surface area contributed by atoms with Gasteiger partial charge < -0.3 is 14.6 Å². The third kappa shape index (κ3) is 6.40. The number of halogens is 2. The molecule has 4 rings (SSSR count). The molecule has 0 aromatic heterocycles. The zero-order valence-electron chi connectivity index (χ0n) is 20.6. The van der Waals surface area contributed by atoms with Crippen LogP contribution in [0.3, 0.4) is 0 Å². The predicted octanol–water partition coefficient (Wildman–Crippen LogP) is 7.40. The summed E-state index contributed by atoms with van der Waals surface area (Å²) < 4.78 is 12.6. The van der Waals surface area contributed by atoms with E-state index in [0.717, 1.165) is 11.1 Å². The van der Waals surface area contributed by atoms with Crippen molar-refractivity contribution < 1.29 is 24.2 Å². The zero-order valence-corrected chi connectivity index (χ0v) is 23.8. The largest absolute Gasteiger partial charge is 0.490 e. The molecule has 1 aliphatic rings. The number of likely N-dealkylation sites (N-methyl/N-ethyl adjacent to an activating group) is 1. The molecule has 1 N–H and O–H groups in total. The number of hydrogen-bond donors (Lipinski definition) is 1. The summed E-state index contributed by atoms with van der Waals surface area (Å²) in [5.41, 5.74) is 2.18. The maximum atomic E-state index is 13.2. The third-order valence-corrected chi connectivity index (χ3v) is 7.45. The van der Waals surface area contributed by atoms with Gasteiger partial charge in [0.2, 0.25) is 0 Å².